The Morgan fingerprint density at radius 1 is 0.909 bits per heavy atom. The Hall–Kier alpha value is -0.620. The second-order valence-electron chi connectivity index (χ2n) is 8.86. The van der Waals surface area contributed by atoms with E-state index in [1.165, 1.54) is 0 Å². The maximum absolute atomic E-state index is 11.6. The molecular weight excluding hydrogens is 446 g/mol. The zero-order valence-corrected chi connectivity index (χ0v) is 21.8. The monoisotopic (exact) mass is 493 g/mol. The topological polar surface area (TPSA) is 99.3 Å². The van der Waals surface area contributed by atoms with Crippen molar-refractivity contribution in [2.24, 2.45) is 0 Å². The van der Waals surface area contributed by atoms with Gasteiger partial charge in [0.05, 0.1) is 52.4 Å². The Labute approximate surface area is 204 Å². The predicted molar refractivity (Wildman–Crippen MR) is 133 cm³/mol. The van der Waals surface area contributed by atoms with Crippen LogP contribution in [0.1, 0.15) is 40.0 Å². The third-order valence-electron chi connectivity index (χ3n) is 4.52. The molecule has 1 heterocycles. The Bertz CT molecular complexity index is 450. The van der Waals surface area contributed by atoms with Gasteiger partial charge in [0.25, 0.3) is 0 Å². The molecular formula is C23H47N3O6S. The summed E-state index contributed by atoms with van der Waals surface area (Å²) in [6.45, 7) is 14.0. The van der Waals surface area contributed by atoms with E-state index >= 15 is 0 Å². The van der Waals surface area contributed by atoms with E-state index in [1.54, 1.807) is 0 Å². The summed E-state index contributed by atoms with van der Waals surface area (Å²) in [6, 6.07) is 0. The van der Waals surface area contributed by atoms with Crippen LogP contribution >= 0.6 is 11.8 Å². The molecule has 0 bridgehead atoms. The van der Waals surface area contributed by atoms with Gasteiger partial charge in [-0.05, 0) is 39.4 Å². The molecule has 1 saturated heterocycles. The van der Waals surface area contributed by atoms with Gasteiger partial charge >= 0.3 is 6.09 Å². The molecule has 33 heavy (non-hydrogen) atoms. The molecule has 1 fully saturated rings. The zero-order valence-electron chi connectivity index (χ0n) is 21.0. The fraction of sp³-hybridized carbons (Fsp3) is 0.957. The molecule has 0 radical (unpaired) electrons. The number of hydrogen-bond acceptors (Lipinski definition) is 9. The summed E-state index contributed by atoms with van der Waals surface area (Å²) in [7, 11) is 0. The average Bonchev–Trinajstić information content (AvgIpc) is 2.75. The molecule has 0 saturated carbocycles. The van der Waals surface area contributed by atoms with Gasteiger partial charge in [-0.25, -0.2) is 4.79 Å². The van der Waals surface area contributed by atoms with Crippen LogP contribution in [0.4, 0.5) is 4.79 Å². The van der Waals surface area contributed by atoms with Crippen LogP contribution in [0.3, 0.4) is 0 Å². The SMILES string of the molecule is CC(C)(C)OC(=O)NCCCCCSC[C@@H]1COCCNCCOCCOCCNCCO1. The highest BCUT2D eigenvalue weighted by Gasteiger charge is 2.15. The second kappa shape index (κ2) is 20.7. The molecule has 1 aliphatic rings. The number of hydrogen-bond donors (Lipinski definition) is 3. The number of unbranched alkanes of at least 4 members (excludes halogenated alkanes) is 2. The van der Waals surface area contributed by atoms with E-state index in [2.05, 4.69) is 16.0 Å². The van der Waals surface area contributed by atoms with Gasteiger partial charge in [0, 0.05) is 38.5 Å². The standard InChI is InChI=1S/C23H47N3O6S/c1-23(2,3)32-22(27)26-7-5-4-6-18-33-20-21-19-30-14-10-24-8-12-28-16-17-29-13-9-25-11-15-31-21/h21,24-25H,4-20H2,1-3H3,(H,26,27)/t21-/m0/s1. The maximum Gasteiger partial charge on any atom is 0.407 e. The van der Waals surface area contributed by atoms with Crippen molar-refractivity contribution in [3.8, 4) is 0 Å². The van der Waals surface area contributed by atoms with E-state index in [1.807, 2.05) is 32.5 Å². The molecule has 0 aliphatic carbocycles. The van der Waals surface area contributed by atoms with Crippen LogP contribution in [-0.2, 0) is 23.7 Å². The minimum absolute atomic E-state index is 0.0871. The lowest BCUT2D eigenvalue weighted by Crippen LogP contribution is -2.33. The lowest BCUT2D eigenvalue weighted by atomic mass is 10.2. The van der Waals surface area contributed by atoms with Crippen LogP contribution in [0, 0.1) is 0 Å². The first-order valence-corrected chi connectivity index (χ1v) is 13.4. The lowest BCUT2D eigenvalue weighted by molar-refractivity contribution is -0.00362. The minimum Gasteiger partial charge on any atom is -0.444 e. The van der Waals surface area contributed by atoms with Crippen molar-refractivity contribution in [1.82, 2.24) is 16.0 Å². The number of nitrogens with one attached hydrogen (secondary N) is 3. The number of carbonyl (C=O) groups excluding carboxylic acids is 1. The smallest absolute Gasteiger partial charge is 0.407 e. The van der Waals surface area contributed by atoms with Gasteiger partial charge < -0.3 is 39.6 Å². The number of alkyl carbamates (subject to hydrolysis) is 1. The van der Waals surface area contributed by atoms with Crippen molar-refractivity contribution < 1.29 is 28.5 Å². The molecule has 0 aromatic carbocycles. The van der Waals surface area contributed by atoms with E-state index < -0.39 is 5.60 Å². The molecule has 1 atom stereocenters. The van der Waals surface area contributed by atoms with Crippen LogP contribution in [-0.4, -0.2) is 108 Å². The van der Waals surface area contributed by atoms with Gasteiger partial charge in [0.1, 0.15) is 5.60 Å². The van der Waals surface area contributed by atoms with Gasteiger partial charge in [0.15, 0.2) is 0 Å². The van der Waals surface area contributed by atoms with Crippen LogP contribution in [0.15, 0.2) is 0 Å². The Morgan fingerprint density at radius 2 is 1.55 bits per heavy atom. The molecule has 0 unspecified atom stereocenters. The number of amides is 1. The number of carbonyl (C=O) groups is 1. The Balaban J connectivity index is 2.13. The summed E-state index contributed by atoms with van der Waals surface area (Å²) in [5.41, 5.74) is -0.452. The fourth-order valence-corrected chi connectivity index (χ4v) is 3.92. The van der Waals surface area contributed by atoms with E-state index in [9.17, 15) is 4.79 Å². The first-order chi connectivity index (χ1) is 16.0. The summed E-state index contributed by atoms with van der Waals surface area (Å²) < 4.78 is 28.2. The second-order valence-corrected chi connectivity index (χ2v) is 10.0. The Kier molecular flexibility index (Phi) is 19.1. The highest BCUT2D eigenvalue weighted by atomic mass is 32.2. The summed E-state index contributed by atoms with van der Waals surface area (Å²) in [5.74, 6) is 1.99. The first kappa shape index (κ1) is 30.4. The molecule has 1 rings (SSSR count). The van der Waals surface area contributed by atoms with Gasteiger partial charge in [-0.3, -0.25) is 0 Å². The van der Waals surface area contributed by atoms with Crippen LogP contribution < -0.4 is 16.0 Å². The molecule has 0 aromatic rings. The largest absolute Gasteiger partial charge is 0.444 e. The van der Waals surface area contributed by atoms with Crippen molar-refractivity contribution in [3.63, 3.8) is 0 Å². The summed E-state index contributed by atoms with van der Waals surface area (Å²) in [4.78, 5) is 11.6. The summed E-state index contributed by atoms with van der Waals surface area (Å²) >= 11 is 1.90. The number of thioether (sulfide) groups is 1. The third kappa shape index (κ3) is 21.6. The van der Waals surface area contributed by atoms with Gasteiger partial charge in [-0.15, -0.1) is 0 Å². The van der Waals surface area contributed by atoms with Crippen molar-refractivity contribution in [3.05, 3.63) is 0 Å². The third-order valence-corrected chi connectivity index (χ3v) is 5.70. The van der Waals surface area contributed by atoms with Gasteiger partial charge in [-0.2, -0.15) is 11.8 Å². The molecule has 0 spiro atoms. The van der Waals surface area contributed by atoms with E-state index in [0.717, 1.165) is 56.9 Å². The van der Waals surface area contributed by atoms with Crippen molar-refractivity contribution >= 4 is 17.9 Å². The number of ether oxygens (including phenoxy) is 5. The van der Waals surface area contributed by atoms with E-state index in [-0.39, 0.29) is 12.2 Å². The van der Waals surface area contributed by atoms with Crippen LogP contribution in [0.25, 0.3) is 0 Å². The highest BCUT2D eigenvalue weighted by molar-refractivity contribution is 7.99. The quantitative estimate of drug-likeness (QED) is 0.439. The zero-order chi connectivity index (χ0) is 24.0. The summed E-state index contributed by atoms with van der Waals surface area (Å²) in [6.07, 6.45) is 2.89. The summed E-state index contributed by atoms with van der Waals surface area (Å²) in [5, 5.41) is 9.46. The Morgan fingerprint density at radius 3 is 2.21 bits per heavy atom. The van der Waals surface area contributed by atoms with E-state index in [4.69, 9.17) is 23.7 Å². The van der Waals surface area contributed by atoms with Crippen molar-refractivity contribution in [2.45, 2.75) is 51.7 Å². The maximum atomic E-state index is 11.6. The fourth-order valence-electron chi connectivity index (χ4n) is 2.89. The first-order valence-electron chi connectivity index (χ1n) is 12.3. The highest BCUT2D eigenvalue weighted by Crippen LogP contribution is 2.11. The molecule has 1 aliphatic heterocycles. The number of rotatable bonds is 8. The predicted octanol–water partition coefficient (Wildman–Crippen LogP) is 2.04. The van der Waals surface area contributed by atoms with Gasteiger partial charge in [-0.1, -0.05) is 6.42 Å². The lowest BCUT2D eigenvalue weighted by Gasteiger charge is -2.19. The molecule has 10 heteroatoms. The molecule has 9 nitrogen and oxygen atoms in total. The van der Waals surface area contributed by atoms with Crippen LogP contribution in [0.5, 0.6) is 0 Å². The molecule has 0 aromatic heterocycles. The molecule has 1 amide bonds. The van der Waals surface area contributed by atoms with Crippen molar-refractivity contribution in [2.75, 3.05) is 90.5 Å². The normalized spacial score (nSPS) is 21.0. The van der Waals surface area contributed by atoms with Crippen molar-refractivity contribution in [1.29, 1.82) is 0 Å². The molecule has 3 N–H and O–H groups in total. The van der Waals surface area contributed by atoms with Crippen LogP contribution in [0.2, 0.25) is 0 Å². The minimum atomic E-state index is -0.452. The van der Waals surface area contributed by atoms with Gasteiger partial charge in [0.2, 0.25) is 0 Å². The average molecular weight is 494 g/mol. The molecule has 196 valence electrons. The van der Waals surface area contributed by atoms with E-state index in [0.29, 0.717) is 52.8 Å².